The van der Waals surface area contributed by atoms with E-state index in [0.29, 0.717) is 25.9 Å². The summed E-state index contributed by atoms with van der Waals surface area (Å²) in [6.07, 6.45) is 7.07. The third kappa shape index (κ3) is 4.33. The molecule has 4 rings (SSSR count). The van der Waals surface area contributed by atoms with Gasteiger partial charge < -0.3 is 4.57 Å². The van der Waals surface area contributed by atoms with Crippen molar-refractivity contribution in [3.63, 3.8) is 0 Å². The predicted molar refractivity (Wildman–Crippen MR) is 122 cm³/mol. The fourth-order valence-corrected chi connectivity index (χ4v) is 5.63. The van der Waals surface area contributed by atoms with E-state index >= 15 is 0 Å². The molecule has 5 nitrogen and oxygen atoms in total. The number of carbonyl (C=O) groups excluding carboxylic acids is 1. The lowest BCUT2D eigenvalue weighted by molar-refractivity contribution is 0.0987. The number of rotatable bonds is 7. The van der Waals surface area contributed by atoms with Crippen molar-refractivity contribution >= 4 is 67.1 Å². The highest BCUT2D eigenvalue weighted by Gasteiger charge is 2.25. The van der Waals surface area contributed by atoms with E-state index in [0.717, 1.165) is 29.6 Å². The zero-order valence-electron chi connectivity index (χ0n) is 15.6. The zero-order chi connectivity index (χ0) is 20.4. The Morgan fingerprint density at radius 1 is 1.28 bits per heavy atom. The Hall–Kier alpha value is -1.93. The first-order chi connectivity index (χ1) is 14.1. The minimum atomic E-state index is -0.180. The molecule has 29 heavy (non-hydrogen) atoms. The van der Waals surface area contributed by atoms with Gasteiger partial charge >= 0.3 is 0 Å². The Balaban J connectivity index is 1.67. The van der Waals surface area contributed by atoms with Gasteiger partial charge in [0.05, 0.1) is 26.4 Å². The summed E-state index contributed by atoms with van der Waals surface area (Å²) in [4.78, 5) is 23.9. The fourth-order valence-electron chi connectivity index (χ4n) is 3.14. The van der Waals surface area contributed by atoms with Crippen LogP contribution < -0.4 is 4.90 Å². The molecule has 3 heterocycles. The standard InChI is InChI=1S/C20H18Cl2N4OS2/c1-2-13-5-3-6-15-17(13)24-20(28-15)26(9-4-8-25-10-7-23-12-25)19(27)14-11-16(21)29-18(14)22/h3,5-7,10-12H,2,4,8-9H2,1H3. The minimum Gasteiger partial charge on any atom is -0.337 e. The van der Waals surface area contributed by atoms with Crippen molar-refractivity contribution in [2.75, 3.05) is 11.4 Å². The molecule has 0 aliphatic carbocycles. The second-order valence-corrected chi connectivity index (χ2v) is 9.76. The maximum atomic E-state index is 13.3. The van der Waals surface area contributed by atoms with Crippen molar-refractivity contribution in [3.05, 3.63) is 62.8 Å². The molecule has 0 spiro atoms. The molecule has 4 aromatic rings. The second-order valence-electron chi connectivity index (χ2n) is 6.46. The lowest BCUT2D eigenvalue weighted by atomic mass is 10.1. The van der Waals surface area contributed by atoms with E-state index in [1.54, 1.807) is 23.5 Å². The Labute approximate surface area is 186 Å². The van der Waals surface area contributed by atoms with Crippen LogP contribution in [-0.2, 0) is 13.0 Å². The summed E-state index contributed by atoms with van der Waals surface area (Å²) in [5.74, 6) is -0.180. The van der Waals surface area contributed by atoms with Gasteiger partial charge in [-0.05, 0) is 30.5 Å². The van der Waals surface area contributed by atoms with Crippen LogP contribution in [0.25, 0.3) is 10.2 Å². The molecule has 3 aromatic heterocycles. The first kappa shape index (κ1) is 20.3. The number of para-hydroxylation sites is 1. The van der Waals surface area contributed by atoms with Gasteiger partial charge in [-0.3, -0.25) is 9.69 Å². The average molecular weight is 465 g/mol. The lowest BCUT2D eigenvalue weighted by Gasteiger charge is -2.19. The van der Waals surface area contributed by atoms with E-state index in [-0.39, 0.29) is 5.91 Å². The normalized spacial score (nSPS) is 11.3. The molecule has 0 radical (unpaired) electrons. The van der Waals surface area contributed by atoms with E-state index in [4.69, 9.17) is 28.2 Å². The first-order valence-corrected chi connectivity index (χ1v) is 11.6. The molecule has 1 aromatic carbocycles. The molecular formula is C20H18Cl2N4OS2. The summed E-state index contributed by atoms with van der Waals surface area (Å²) >= 11 is 15.1. The monoisotopic (exact) mass is 464 g/mol. The van der Waals surface area contributed by atoms with Crippen LogP contribution in [0.5, 0.6) is 0 Å². The number of amides is 1. The molecule has 9 heteroatoms. The highest BCUT2D eigenvalue weighted by Crippen LogP contribution is 2.35. The smallest absolute Gasteiger partial charge is 0.262 e. The third-order valence-electron chi connectivity index (χ3n) is 4.59. The highest BCUT2D eigenvalue weighted by molar-refractivity contribution is 7.22. The number of benzene rings is 1. The summed E-state index contributed by atoms with van der Waals surface area (Å²) in [5.41, 5.74) is 2.54. The van der Waals surface area contributed by atoms with Gasteiger partial charge in [0, 0.05) is 25.5 Å². The number of imidazole rings is 1. The Kier molecular flexibility index (Phi) is 6.20. The summed E-state index contributed by atoms with van der Waals surface area (Å²) in [5, 5.41) is 0.676. The molecule has 0 aliphatic rings. The zero-order valence-corrected chi connectivity index (χ0v) is 18.8. The van der Waals surface area contributed by atoms with Crippen LogP contribution >= 0.6 is 45.9 Å². The number of aryl methyl sites for hydroxylation is 2. The van der Waals surface area contributed by atoms with E-state index in [2.05, 4.69) is 18.0 Å². The number of halogens is 2. The van der Waals surface area contributed by atoms with Crippen LogP contribution in [0.4, 0.5) is 5.13 Å². The van der Waals surface area contributed by atoms with Gasteiger partial charge in [0.15, 0.2) is 5.13 Å². The van der Waals surface area contributed by atoms with Crippen molar-refractivity contribution in [1.29, 1.82) is 0 Å². The molecule has 150 valence electrons. The summed E-state index contributed by atoms with van der Waals surface area (Å²) in [6.45, 7) is 3.38. The van der Waals surface area contributed by atoms with Crippen LogP contribution in [0.1, 0.15) is 29.3 Å². The number of thiazole rings is 1. The van der Waals surface area contributed by atoms with Crippen molar-refractivity contribution in [3.8, 4) is 0 Å². The van der Waals surface area contributed by atoms with E-state index < -0.39 is 0 Å². The number of aromatic nitrogens is 3. The van der Waals surface area contributed by atoms with Gasteiger partial charge in [-0.2, -0.15) is 0 Å². The summed E-state index contributed by atoms with van der Waals surface area (Å²) in [6, 6.07) is 7.78. The van der Waals surface area contributed by atoms with Gasteiger partial charge in [-0.15, -0.1) is 11.3 Å². The van der Waals surface area contributed by atoms with Gasteiger partial charge in [0.25, 0.3) is 5.91 Å². The van der Waals surface area contributed by atoms with Crippen molar-refractivity contribution in [2.24, 2.45) is 0 Å². The quantitative estimate of drug-likeness (QED) is 0.329. The maximum Gasteiger partial charge on any atom is 0.262 e. The number of fused-ring (bicyclic) bond motifs is 1. The number of anilines is 1. The summed E-state index contributed by atoms with van der Waals surface area (Å²) < 4.78 is 3.95. The topological polar surface area (TPSA) is 51.0 Å². The van der Waals surface area contributed by atoms with Gasteiger partial charge in [-0.1, -0.05) is 53.6 Å². The SMILES string of the molecule is CCc1cccc2sc(N(CCCn3ccnc3)C(=O)c3cc(Cl)sc3Cl)nc12. The van der Waals surface area contributed by atoms with Gasteiger partial charge in [-0.25, -0.2) is 9.97 Å². The van der Waals surface area contributed by atoms with Crippen LogP contribution in [0.15, 0.2) is 43.0 Å². The highest BCUT2D eigenvalue weighted by atomic mass is 35.5. The number of carbonyl (C=O) groups is 1. The number of nitrogens with zero attached hydrogens (tertiary/aromatic N) is 4. The van der Waals surface area contributed by atoms with Crippen LogP contribution in [-0.4, -0.2) is 27.0 Å². The molecule has 0 fully saturated rings. The second kappa shape index (κ2) is 8.83. The first-order valence-electron chi connectivity index (χ1n) is 9.17. The molecule has 0 N–H and O–H groups in total. The van der Waals surface area contributed by atoms with Crippen molar-refractivity contribution < 1.29 is 4.79 Å². The minimum absolute atomic E-state index is 0.180. The molecule has 0 aliphatic heterocycles. The fraction of sp³-hybridized carbons (Fsp3) is 0.250. The third-order valence-corrected chi connectivity index (χ3v) is 7.12. The van der Waals surface area contributed by atoms with Crippen molar-refractivity contribution in [2.45, 2.75) is 26.3 Å². The Morgan fingerprint density at radius 3 is 2.83 bits per heavy atom. The molecule has 0 atom stereocenters. The van der Waals surface area contributed by atoms with E-state index in [9.17, 15) is 4.79 Å². The van der Waals surface area contributed by atoms with E-state index in [1.807, 2.05) is 22.9 Å². The van der Waals surface area contributed by atoms with Gasteiger partial charge in [0.2, 0.25) is 0 Å². The van der Waals surface area contributed by atoms with Gasteiger partial charge in [0.1, 0.15) is 4.34 Å². The molecule has 0 bridgehead atoms. The lowest BCUT2D eigenvalue weighted by Crippen LogP contribution is -2.32. The predicted octanol–water partition coefficient (Wildman–Crippen LogP) is 6.16. The van der Waals surface area contributed by atoms with E-state index in [1.165, 1.54) is 28.2 Å². The largest absolute Gasteiger partial charge is 0.337 e. The molecular weight excluding hydrogens is 447 g/mol. The molecule has 0 unspecified atom stereocenters. The Bertz CT molecular complexity index is 1140. The average Bonchev–Trinajstić information content (AvgIpc) is 3.44. The summed E-state index contributed by atoms with van der Waals surface area (Å²) in [7, 11) is 0. The molecule has 0 saturated heterocycles. The number of thiophene rings is 1. The van der Waals surface area contributed by atoms with Crippen LogP contribution in [0, 0.1) is 0 Å². The van der Waals surface area contributed by atoms with Crippen LogP contribution in [0.2, 0.25) is 8.67 Å². The van der Waals surface area contributed by atoms with Crippen molar-refractivity contribution in [1.82, 2.24) is 14.5 Å². The Morgan fingerprint density at radius 2 is 2.14 bits per heavy atom. The maximum absolute atomic E-state index is 13.3. The molecule has 1 amide bonds. The number of hydrogen-bond acceptors (Lipinski definition) is 5. The molecule has 0 saturated carbocycles. The number of hydrogen-bond donors (Lipinski definition) is 0. The van der Waals surface area contributed by atoms with Crippen LogP contribution in [0.3, 0.4) is 0 Å².